The van der Waals surface area contributed by atoms with Gasteiger partial charge < -0.3 is 19.1 Å². The van der Waals surface area contributed by atoms with Crippen LogP contribution >= 0.6 is 0 Å². The van der Waals surface area contributed by atoms with Gasteiger partial charge in [-0.25, -0.2) is 4.79 Å². The number of nitrogens with zero attached hydrogens (tertiary/aromatic N) is 3. The Morgan fingerprint density at radius 3 is 2.34 bits per heavy atom. The number of anilines is 2. The van der Waals surface area contributed by atoms with Crippen molar-refractivity contribution in [3.8, 4) is 5.75 Å². The van der Waals surface area contributed by atoms with Crippen molar-refractivity contribution in [2.45, 2.75) is 13.3 Å². The van der Waals surface area contributed by atoms with E-state index in [1.54, 1.807) is 7.11 Å². The van der Waals surface area contributed by atoms with Crippen molar-refractivity contribution in [3.05, 3.63) is 81.8 Å². The van der Waals surface area contributed by atoms with E-state index in [2.05, 4.69) is 33.2 Å². The number of piperazine rings is 1. The molecule has 0 bridgehead atoms. The Labute approximate surface area is 170 Å². The third kappa shape index (κ3) is 3.97. The summed E-state index contributed by atoms with van der Waals surface area (Å²) in [6, 6.07) is 18.2. The molecule has 2 heterocycles. The van der Waals surface area contributed by atoms with Crippen LogP contribution in [0.3, 0.4) is 0 Å². The van der Waals surface area contributed by atoms with E-state index in [1.165, 1.54) is 0 Å². The first kappa shape index (κ1) is 19.1. The summed E-state index contributed by atoms with van der Waals surface area (Å²) in [6.45, 7) is 4.95. The summed E-state index contributed by atoms with van der Waals surface area (Å²) in [5, 5.41) is 3.97. The highest BCUT2D eigenvalue weighted by molar-refractivity contribution is 5.61. The zero-order valence-corrected chi connectivity index (χ0v) is 16.8. The minimum Gasteiger partial charge on any atom is -0.495 e. The normalized spacial score (nSPS) is 14.1. The molecule has 1 aliphatic rings. The van der Waals surface area contributed by atoms with Crippen molar-refractivity contribution in [1.29, 1.82) is 0 Å². The summed E-state index contributed by atoms with van der Waals surface area (Å²) in [5.41, 5.74) is 4.20. The first-order chi connectivity index (χ1) is 14.2. The van der Waals surface area contributed by atoms with Crippen molar-refractivity contribution in [1.82, 2.24) is 5.16 Å². The van der Waals surface area contributed by atoms with Gasteiger partial charge in [0.2, 0.25) is 0 Å². The number of methoxy groups -OCH3 is 1. The SMILES string of the molecule is COc1ccccc1N1CCN(c2c(Cc3ccccc3)c(C)noc2=O)CC1. The van der Waals surface area contributed by atoms with E-state index in [-0.39, 0.29) is 5.63 Å². The van der Waals surface area contributed by atoms with Crippen molar-refractivity contribution < 1.29 is 9.26 Å². The molecule has 150 valence electrons. The Bertz CT molecular complexity index is 1030. The topological polar surface area (TPSA) is 58.8 Å². The molecule has 6 heteroatoms. The standard InChI is InChI=1S/C23H25N3O3/c1-17-19(16-18-8-4-3-5-9-18)22(23(27)29-24-17)26-14-12-25(13-15-26)20-10-6-7-11-21(20)28-2/h3-11H,12-16H2,1-2H3. The van der Waals surface area contributed by atoms with Crippen molar-refractivity contribution in [2.24, 2.45) is 0 Å². The molecular weight excluding hydrogens is 366 g/mol. The lowest BCUT2D eigenvalue weighted by Gasteiger charge is -2.37. The second-order valence-corrected chi connectivity index (χ2v) is 7.19. The second kappa shape index (κ2) is 8.39. The number of benzene rings is 2. The van der Waals surface area contributed by atoms with E-state index >= 15 is 0 Å². The van der Waals surface area contributed by atoms with E-state index in [4.69, 9.17) is 9.26 Å². The van der Waals surface area contributed by atoms with Crippen LogP contribution in [0.25, 0.3) is 0 Å². The molecule has 1 saturated heterocycles. The van der Waals surface area contributed by atoms with Crippen LogP contribution in [-0.4, -0.2) is 38.4 Å². The Hall–Kier alpha value is -3.28. The quantitative estimate of drug-likeness (QED) is 0.665. The van der Waals surface area contributed by atoms with Crippen LogP contribution < -0.4 is 20.2 Å². The van der Waals surface area contributed by atoms with E-state index in [0.717, 1.165) is 54.4 Å². The molecule has 0 saturated carbocycles. The Morgan fingerprint density at radius 2 is 1.62 bits per heavy atom. The van der Waals surface area contributed by atoms with Crippen LogP contribution in [0.5, 0.6) is 5.75 Å². The van der Waals surface area contributed by atoms with Gasteiger partial charge in [-0.05, 0) is 24.6 Å². The Balaban J connectivity index is 1.58. The first-order valence-corrected chi connectivity index (χ1v) is 9.83. The fraction of sp³-hybridized carbons (Fsp3) is 0.304. The molecule has 6 nitrogen and oxygen atoms in total. The monoisotopic (exact) mass is 391 g/mol. The molecule has 0 spiro atoms. The van der Waals surface area contributed by atoms with E-state index in [1.807, 2.05) is 43.3 Å². The number of rotatable bonds is 5. The summed E-state index contributed by atoms with van der Waals surface area (Å²) in [7, 11) is 1.69. The molecule has 0 atom stereocenters. The molecule has 0 unspecified atom stereocenters. The molecular formula is C23H25N3O3. The maximum absolute atomic E-state index is 12.6. The molecule has 0 N–H and O–H groups in total. The molecule has 1 aromatic heterocycles. The van der Waals surface area contributed by atoms with Gasteiger partial charge in [0.05, 0.1) is 18.5 Å². The lowest BCUT2D eigenvalue weighted by Crippen LogP contribution is -2.48. The maximum Gasteiger partial charge on any atom is 0.382 e. The second-order valence-electron chi connectivity index (χ2n) is 7.19. The largest absolute Gasteiger partial charge is 0.495 e. The molecule has 4 rings (SSSR count). The van der Waals surface area contributed by atoms with Gasteiger partial charge in [0.1, 0.15) is 11.4 Å². The minimum atomic E-state index is -0.368. The Kier molecular flexibility index (Phi) is 5.51. The Morgan fingerprint density at radius 1 is 0.966 bits per heavy atom. The van der Waals surface area contributed by atoms with Gasteiger partial charge in [-0.2, -0.15) is 0 Å². The van der Waals surface area contributed by atoms with Gasteiger partial charge in [0.25, 0.3) is 0 Å². The lowest BCUT2D eigenvalue weighted by molar-refractivity contribution is 0.360. The van der Waals surface area contributed by atoms with Crippen LogP contribution in [0.4, 0.5) is 11.4 Å². The van der Waals surface area contributed by atoms with Crippen molar-refractivity contribution in [3.63, 3.8) is 0 Å². The first-order valence-electron chi connectivity index (χ1n) is 9.83. The van der Waals surface area contributed by atoms with Crippen LogP contribution in [0.1, 0.15) is 16.8 Å². The molecule has 2 aromatic carbocycles. The van der Waals surface area contributed by atoms with Gasteiger partial charge in [-0.1, -0.05) is 47.6 Å². The molecule has 0 aliphatic carbocycles. The number of ether oxygens (including phenoxy) is 1. The van der Waals surface area contributed by atoms with E-state index in [9.17, 15) is 4.79 Å². The number of para-hydroxylation sites is 2. The average molecular weight is 391 g/mol. The average Bonchev–Trinajstić information content (AvgIpc) is 2.77. The van der Waals surface area contributed by atoms with E-state index < -0.39 is 0 Å². The zero-order chi connectivity index (χ0) is 20.2. The van der Waals surface area contributed by atoms with Crippen molar-refractivity contribution in [2.75, 3.05) is 43.1 Å². The highest BCUT2D eigenvalue weighted by atomic mass is 16.5. The van der Waals surface area contributed by atoms with Crippen LogP contribution in [-0.2, 0) is 6.42 Å². The molecule has 1 aliphatic heterocycles. The molecule has 29 heavy (non-hydrogen) atoms. The summed E-state index contributed by atoms with van der Waals surface area (Å²) in [5.74, 6) is 0.866. The fourth-order valence-electron chi connectivity index (χ4n) is 3.90. The lowest BCUT2D eigenvalue weighted by atomic mass is 10.0. The van der Waals surface area contributed by atoms with Gasteiger partial charge in [-0.3, -0.25) is 0 Å². The summed E-state index contributed by atoms with van der Waals surface area (Å²) >= 11 is 0. The van der Waals surface area contributed by atoms with Gasteiger partial charge >= 0.3 is 5.63 Å². The van der Waals surface area contributed by atoms with Crippen molar-refractivity contribution >= 4 is 11.4 Å². The van der Waals surface area contributed by atoms with Gasteiger partial charge in [-0.15, -0.1) is 0 Å². The molecule has 1 fully saturated rings. The molecule has 0 amide bonds. The van der Waals surface area contributed by atoms with Crippen LogP contribution in [0.2, 0.25) is 0 Å². The van der Waals surface area contributed by atoms with Gasteiger partial charge in [0.15, 0.2) is 0 Å². The number of aryl methyl sites for hydroxylation is 1. The third-order valence-corrected chi connectivity index (χ3v) is 5.43. The summed E-state index contributed by atoms with van der Waals surface area (Å²) in [6.07, 6.45) is 0.660. The van der Waals surface area contributed by atoms with Crippen LogP contribution in [0, 0.1) is 6.92 Å². The predicted molar refractivity (Wildman–Crippen MR) is 114 cm³/mol. The third-order valence-electron chi connectivity index (χ3n) is 5.43. The predicted octanol–water partition coefficient (Wildman–Crippen LogP) is 3.27. The van der Waals surface area contributed by atoms with Crippen LogP contribution in [0.15, 0.2) is 63.9 Å². The molecule has 0 radical (unpaired) electrons. The highest BCUT2D eigenvalue weighted by Gasteiger charge is 2.25. The number of hydrogen-bond donors (Lipinski definition) is 0. The van der Waals surface area contributed by atoms with E-state index in [0.29, 0.717) is 12.1 Å². The fourth-order valence-corrected chi connectivity index (χ4v) is 3.90. The summed E-state index contributed by atoms with van der Waals surface area (Å²) < 4.78 is 10.6. The zero-order valence-electron chi connectivity index (χ0n) is 16.8. The number of aromatic nitrogens is 1. The summed E-state index contributed by atoms with van der Waals surface area (Å²) in [4.78, 5) is 17.1. The molecule has 3 aromatic rings. The minimum absolute atomic E-state index is 0.368. The maximum atomic E-state index is 12.6. The highest BCUT2D eigenvalue weighted by Crippen LogP contribution is 2.30. The smallest absolute Gasteiger partial charge is 0.382 e. The number of hydrogen-bond acceptors (Lipinski definition) is 6. The van der Waals surface area contributed by atoms with Gasteiger partial charge in [0, 0.05) is 38.2 Å².